The van der Waals surface area contributed by atoms with Crippen molar-refractivity contribution in [1.82, 2.24) is 4.90 Å². The Bertz CT molecular complexity index is 893. The lowest BCUT2D eigenvalue weighted by Gasteiger charge is -2.19. The first-order valence-corrected chi connectivity index (χ1v) is 9.93. The zero-order valence-corrected chi connectivity index (χ0v) is 17.8. The van der Waals surface area contributed by atoms with Crippen molar-refractivity contribution in [2.75, 3.05) is 25.0 Å². The summed E-state index contributed by atoms with van der Waals surface area (Å²) in [7, 11) is 0. The molecule has 0 fully saturated rings. The Balaban J connectivity index is 1.87. The number of ether oxygens (including phenoxy) is 2. The summed E-state index contributed by atoms with van der Waals surface area (Å²) in [5.74, 6) is -0.695. The standard InChI is InChI=1S/C23H28N2O5/c1-5-25(6-2)22(27)18-10-8-11-19(14-18)24-21(26)15-29-23(28)17(4)30-20-12-7-9-16(3)13-20/h7-14,17H,5-6,15H2,1-4H3,(H,24,26)/t17-/m0/s1. The number of carbonyl (C=O) groups excluding carboxylic acids is 3. The number of nitrogens with one attached hydrogen (secondary N) is 1. The molecule has 30 heavy (non-hydrogen) atoms. The average Bonchev–Trinajstić information content (AvgIpc) is 2.73. The van der Waals surface area contributed by atoms with E-state index in [1.807, 2.05) is 39.0 Å². The smallest absolute Gasteiger partial charge is 0.347 e. The number of esters is 1. The summed E-state index contributed by atoms with van der Waals surface area (Å²) in [5, 5.41) is 2.64. The zero-order chi connectivity index (χ0) is 22.1. The van der Waals surface area contributed by atoms with Gasteiger partial charge < -0.3 is 19.7 Å². The van der Waals surface area contributed by atoms with E-state index in [4.69, 9.17) is 9.47 Å². The van der Waals surface area contributed by atoms with Crippen LogP contribution in [0.5, 0.6) is 5.75 Å². The molecule has 0 saturated carbocycles. The Morgan fingerprint density at radius 1 is 1.03 bits per heavy atom. The van der Waals surface area contributed by atoms with Crippen molar-refractivity contribution in [1.29, 1.82) is 0 Å². The molecule has 2 amide bonds. The van der Waals surface area contributed by atoms with Crippen LogP contribution in [0.2, 0.25) is 0 Å². The van der Waals surface area contributed by atoms with E-state index in [0.717, 1.165) is 5.56 Å². The van der Waals surface area contributed by atoms with E-state index < -0.39 is 24.6 Å². The fraction of sp³-hybridized carbons (Fsp3) is 0.348. The molecule has 1 atom stereocenters. The van der Waals surface area contributed by atoms with Crippen molar-refractivity contribution in [3.63, 3.8) is 0 Å². The maximum atomic E-state index is 12.4. The monoisotopic (exact) mass is 412 g/mol. The normalized spacial score (nSPS) is 11.3. The third-order valence-corrected chi connectivity index (χ3v) is 4.42. The van der Waals surface area contributed by atoms with Crippen molar-refractivity contribution in [2.24, 2.45) is 0 Å². The van der Waals surface area contributed by atoms with E-state index in [-0.39, 0.29) is 5.91 Å². The molecule has 2 aromatic rings. The van der Waals surface area contributed by atoms with Gasteiger partial charge in [0.2, 0.25) is 0 Å². The molecular formula is C23H28N2O5. The molecule has 0 unspecified atom stereocenters. The van der Waals surface area contributed by atoms with Crippen LogP contribution in [-0.2, 0) is 14.3 Å². The highest BCUT2D eigenvalue weighted by Crippen LogP contribution is 2.15. The number of anilines is 1. The summed E-state index contributed by atoms with van der Waals surface area (Å²) in [6.45, 7) is 8.05. The topological polar surface area (TPSA) is 84.9 Å². The zero-order valence-electron chi connectivity index (χ0n) is 17.8. The van der Waals surface area contributed by atoms with Gasteiger partial charge in [-0.1, -0.05) is 18.2 Å². The first kappa shape index (κ1) is 22.9. The van der Waals surface area contributed by atoms with Crippen LogP contribution < -0.4 is 10.1 Å². The Morgan fingerprint density at radius 2 is 1.73 bits per heavy atom. The molecule has 7 nitrogen and oxygen atoms in total. The minimum Gasteiger partial charge on any atom is -0.479 e. The quantitative estimate of drug-likeness (QED) is 0.638. The van der Waals surface area contributed by atoms with Crippen molar-refractivity contribution in [2.45, 2.75) is 33.8 Å². The Labute approximate surface area is 177 Å². The van der Waals surface area contributed by atoms with Crippen LogP contribution >= 0.6 is 0 Å². The molecule has 2 rings (SSSR count). The van der Waals surface area contributed by atoms with Gasteiger partial charge in [-0.3, -0.25) is 9.59 Å². The molecule has 2 aromatic carbocycles. The lowest BCUT2D eigenvalue weighted by molar-refractivity contribution is -0.153. The second-order valence-electron chi connectivity index (χ2n) is 6.79. The van der Waals surface area contributed by atoms with Gasteiger partial charge in [-0.05, 0) is 63.6 Å². The van der Waals surface area contributed by atoms with Gasteiger partial charge in [0.25, 0.3) is 11.8 Å². The number of aryl methyl sites for hydroxylation is 1. The van der Waals surface area contributed by atoms with Crippen molar-refractivity contribution in [3.05, 3.63) is 59.7 Å². The minimum atomic E-state index is -0.852. The average molecular weight is 412 g/mol. The molecule has 0 saturated heterocycles. The SMILES string of the molecule is CCN(CC)C(=O)c1cccc(NC(=O)COC(=O)[C@H](C)Oc2cccc(C)c2)c1. The maximum Gasteiger partial charge on any atom is 0.347 e. The molecule has 0 heterocycles. The van der Waals surface area contributed by atoms with E-state index in [1.54, 1.807) is 42.2 Å². The summed E-state index contributed by atoms with van der Waals surface area (Å²) in [5.41, 5.74) is 1.95. The maximum absolute atomic E-state index is 12.4. The summed E-state index contributed by atoms with van der Waals surface area (Å²) < 4.78 is 10.6. The van der Waals surface area contributed by atoms with Crippen LogP contribution in [-0.4, -0.2) is 48.5 Å². The molecule has 0 spiro atoms. The summed E-state index contributed by atoms with van der Waals surface area (Å²) >= 11 is 0. The first-order valence-electron chi connectivity index (χ1n) is 9.93. The minimum absolute atomic E-state index is 0.107. The number of nitrogens with zero attached hydrogens (tertiary/aromatic N) is 1. The summed E-state index contributed by atoms with van der Waals surface area (Å²) in [6, 6.07) is 14.0. The lowest BCUT2D eigenvalue weighted by atomic mass is 10.1. The summed E-state index contributed by atoms with van der Waals surface area (Å²) in [4.78, 5) is 38.4. The van der Waals surface area contributed by atoms with Crippen molar-refractivity contribution < 1.29 is 23.9 Å². The van der Waals surface area contributed by atoms with E-state index in [1.165, 1.54) is 0 Å². The number of benzene rings is 2. The Hall–Kier alpha value is -3.35. The number of amides is 2. The van der Waals surface area contributed by atoms with Crippen LogP contribution in [0, 0.1) is 6.92 Å². The van der Waals surface area contributed by atoms with Gasteiger partial charge in [0.15, 0.2) is 12.7 Å². The van der Waals surface area contributed by atoms with Crippen LogP contribution in [0.1, 0.15) is 36.7 Å². The van der Waals surface area contributed by atoms with Crippen LogP contribution in [0.25, 0.3) is 0 Å². The second-order valence-corrected chi connectivity index (χ2v) is 6.79. The van der Waals surface area contributed by atoms with Crippen LogP contribution in [0.3, 0.4) is 0 Å². The number of hydrogen-bond acceptors (Lipinski definition) is 5. The largest absolute Gasteiger partial charge is 0.479 e. The van der Waals surface area contributed by atoms with E-state index >= 15 is 0 Å². The van der Waals surface area contributed by atoms with Gasteiger partial charge in [0, 0.05) is 24.3 Å². The third-order valence-electron chi connectivity index (χ3n) is 4.42. The Kier molecular flexibility index (Phi) is 8.41. The van der Waals surface area contributed by atoms with E-state index in [9.17, 15) is 14.4 Å². The molecule has 7 heteroatoms. The van der Waals surface area contributed by atoms with Gasteiger partial charge in [0.1, 0.15) is 5.75 Å². The lowest BCUT2D eigenvalue weighted by Crippen LogP contribution is -2.31. The molecule has 0 aliphatic rings. The highest BCUT2D eigenvalue weighted by Gasteiger charge is 2.18. The predicted molar refractivity (Wildman–Crippen MR) is 115 cm³/mol. The highest BCUT2D eigenvalue weighted by molar-refractivity contribution is 5.97. The van der Waals surface area contributed by atoms with Crippen molar-refractivity contribution in [3.8, 4) is 5.75 Å². The third kappa shape index (κ3) is 6.62. The molecule has 0 radical (unpaired) electrons. The summed E-state index contributed by atoms with van der Waals surface area (Å²) in [6.07, 6.45) is -0.852. The van der Waals surface area contributed by atoms with E-state index in [2.05, 4.69) is 5.32 Å². The Morgan fingerprint density at radius 3 is 2.40 bits per heavy atom. The number of hydrogen-bond donors (Lipinski definition) is 1. The van der Waals surface area contributed by atoms with Gasteiger partial charge in [-0.25, -0.2) is 4.79 Å². The first-order chi connectivity index (χ1) is 14.3. The van der Waals surface area contributed by atoms with Gasteiger partial charge in [-0.2, -0.15) is 0 Å². The van der Waals surface area contributed by atoms with E-state index in [0.29, 0.717) is 30.1 Å². The fourth-order valence-corrected chi connectivity index (χ4v) is 2.82. The number of carbonyl (C=O) groups is 3. The molecular weight excluding hydrogens is 384 g/mol. The predicted octanol–water partition coefficient (Wildman–Crippen LogP) is 3.43. The van der Waals surface area contributed by atoms with Gasteiger partial charge in [-0.15, -0.1) is 0 Å². The molecule has 0 bridgehead atoms. The molecule has 0 aromatic heterocycles. The molecule has 1 N–H and O–H groups in total. The molecule has 160 valence electrons. The molecule has 0 aliphatic heterocycles. The van der Waals surface area contributed by atoms with Gasteiger partial charge in [0.05, 0.1) is 0 Å². The van der Waals surface area contributed by atoms with Crippen molar-refractivity contribution >= 4 is 23.5 Å². The fourth-order valence-electron chi connectivity index (χ4n) is 2.82. The highest BCUT2D eigenvalue weighted by atomic mass is 16.6. The number of rotatable bonds is 9. The van der Waals surface area contributed by atoms with Crippen LogP contribution in [0.4, 0.5) is 5.69 Å². The molecule has 0 aliphatic carbocycles. The van der Waals surface area contributed by atoms with Crippen LogP contribution in [0.15, 0.2) is 48.5 Å². The second kappa shape index (κ2) is 11.0. The van der Waals surface area contributed by atoms with Gasteiger partial charge >= 0.3 is 5.97 Å².